The van der Waals surface area contributed by atoms with Crippen molar-refractivity contribution in [2.75, 3.05) is 68.0 Å². The quantitative estimate of drug-likeness (QED) is 0.530. The zero-order valence-corrected chi connectivity index (χ0v) is 20.8. The minimum absolute atomic E-state index is 0.117. The first-order valence-corrected chi connectivity index (χ1v) is 12.6. The maximum absolute atomic E-state index is 13.2. The van der Waals surface area contributed by atoms with Crippen LogP contribution in [0.25, 0.3) is 0 Å². The van der Waals surface area contributed by atoms with Crippen LogP contribution in [0.2, 0.25) is 0 Å². The van der Waals surface area contributed by atoms with Gasteiger partial charge in [-0.3, -0.25) is 9.69 Å². The van der Waals surface area contributed by atoms with Crippen molar-refractivity contribution in [1.82, 2.24) is 10.2 Å². The molecule has 0 aromatic heterocycles. The third kappa shape index (κ3) is 6.96. The van der Waals surface area contributed by atoms with Gasteiger partial charge in [0.25, 0.3) is 5.91 Å². The summed E-state index contributed by atoms with van der Waals surface area (Å²) < 4.78 is 5.39. The highest BCUT2D eigenvalue weighted by Crippen LogP contribution is 2.28. The summed E-state index contributed by atoms with van der Waals surface area (Å²) in [5.41, 5.74) is 4.04. The molecule has 0 spiro atoms. The molecule has 4 rings (SSSR count). The third-order valence-corrected chi connectivity index (χ3v) is 6.60. The molecule has 188 valence electrons. The lowest BCUT2D eigenvalue weighted by atomic mass is 10.0. The van der Waals surface area contributed by atoms with Crippen molar-refractivity contribution in [3.05, 3.63) is 53.6 Å². The van der Waals surface area contributed by atoms with Crippen LogP contribution >= 0.6 is 0 Å². The average Bonchev–Trinajstić information content (AvgIpc) is 3.40. The predicted octanol–water partition coefficient (Wildman–Crippen LogP) is 4.12. The van der Waals surface area contributed by atoms with E-state index in [4.69, 9.17) is 4.74 Å². The highest BCUT2D eigenvalue weighted by atomic mass is 16.5. The van der Waals surface area contributed by atoms with E-state index in [1.54, 1.807) is 6.07 Å². The Bertz CT molecular complexity index is 996. The molecule has 2 aliphatic heterocycles. The number of urea groups is 1. The molecule has 8 heteroatoms. The van der Waals surface area contributed by atoms with Crippen molar-refractivity contribution in [1.29, 1.82) is 0 Å². The van der Waals surface area contributed by atoms with Crippen LogP contribution in [0, 0.1) is 0 Å². The fourth-order valence-electron chi connectivity index (χ4n) is 4.52. The molecule has 3 amide bonds. The van der Waals surface area contributed by atoms with Gasteiger partial charge >= 0.3 is 6.03 Å². The topological polar surface area (TPSA) is 85.9 Å². The van der Waals surface area contributed by atoms with E-state index in [0.717, 1.165) is 70.2 Å². The molecule has 2 aromatic carbocycles. The number of carbonyl (C=O) groups excluding carboxylic acids is 2. The maximum Gasteiger partial charge on any atom is 0.323 e. The van der Waals surface area contributed by atoms with Crippen LogP contribution in [-0.2, 0) is 4.74 Å². The van der Waals surface area contributed by atoms with Crippen LogP contribution in [0.4, 0.5) is 21.9 Å². The number of benzene rings is 2. The van der Waals surface area contributed by atoms with Crippen molar-refractivity contribution in [2.45, 2.75) is 32.6 Å². The van der Waals surface area contributed by atoms with Gasteiger partial charge < -0.3 is 25.6 Å². The SMILES string of the molecule is CC(C)c1ccc(NC(=O)Nc2ccc(N3CCCC3)c(C(=O)NCCN3CCOCC3)c2)cc1. The van der Waals surface area contributed by atoms with Crippen molar-refractivity contribution in [2.24, 2.45) is 0 Å². The zero-order valence-electron chi connectivity index (χ0n) is 20.8. The van der Waals surface area contributed by atoms with E-state index in [9.17, 15) is 9.59 Å². The van der Waals surface area contributed by atoms with Crippen LogP contribution < -0.4 is 20.9 Å². The number of nitrogens with one attached hydrogen (secondary N) is 3. The number of carbonyl (C=O) groups is 2. The Morgan fingerprint density at radius 3 is 2.26 bits per heavy atom. The molecule has 0 atom stereocenters. The summed E-state index contributed by atoms with van der Waals surface area (Å²) in [6, 6.07) is 13.1. The Labute approximate surface area is 208 Å². The van der Waals surface area contributed by atoms with Crippen LogP contribution in [0.1, 0.15) is 48.5 Å². The summed E-state index contributed by atoms with van der Waals surface area (Å²) in [7, 11) is 0. The van der Waals surface area contributed by atoms with Crippen molar-refractivity contribution < 1.29 is 14.3 Å². The van der Waals surface area contributed by atoms with Crippen LogP contribution in [0.15, 0.2) is 42.5 Å². The molecule has 0 unspecified atom stereocenters. The Kier molecular flexibility index (Phi) is 8.60. The molecule has 0 saturated carbocycles. The first-order chi connectivity index (χ1) is 17.0. The lowest BCUT2D eigenvalue weighted by Gasteiger charge is -2.26. The van der Waals surface area contributed by atoms with Gasteiger partial charge in [0.2, 0.25) is 0 Å². The summed E-state index contributed by atoms with van der Waals surface area (Å²) in [6.07, 6.45) is 2.24. The molecule has 35 heavy (non-hydrogen) atoms. The number of rotatable bonds is 8. The van der Waals surface area contributed by atoms with Gasteiger partial charge in [-0.2, -0.15) is 0 Å². The molecular weight excluding hydrogens is 442 g/mol. The van der Waals surface area contributed by atoms with Gasteiger partial charge in [0.05, 0.1) is 18.8 Å². The van der Waals surface area contributed by atoms with E-state index in [0.29, 0.717) is 23.7 Å². The second-order valence-electron chi connectivity index (χ2n) is 9.49. The van der Waals surface area contributed by atoms with Crippen LogP contribution in [0.3, 0.4) is 0 Å². The van der Waals surface area contributed by atoms with Gasteiger partial charge in [-0.25, -0.2) is 4.79 Å². The van der Waals surface area contributed by atoms with Gasteiger partial charge in [-0.1, -0.05) is 26.0 Å². The second kappa shape index (κ2) is 12.0. The zero-order chi connectivity index (χ0) is 24.6. The fourth-order valence-corrected chi connectivity index (χ4v) is 4.52. The molecule has 2 saturated heterocycles. The Morgan fingerprint density at radius 2 is 1.57 bits per heavy atom. The largest absolute Gasteiger partial charge is 0.379 e. The number of hydrogen-bond acceptors (Lipinski definition) is 5. The van der Waals surface area contributed by atoms with Crippen LogP contribution in [-0.4, -0.2) is 69.3 Å². The minimum atomic E-state index is -0.338. The van der Waals surface area contributed by atoms with E-state index < -0.39 is 0 Å². The fraction of sp³-hybridized carbons (Fsp3) is 0.481. The molecule has 2 aromatic rings. The predicted molar refractivity (Wildman–Crippen MR) is 141 cm³/mol. The first kappa shape index (κ1) is 25.0. The van der Waals surface area contributed by atoms with Crippen LogP contribution in [0.5, 0.6) is 0 Å². The Morgan fingerprint density at radius 1 is 0.914 bits per heavy atom. The van der Waals surface area contributed by atoms with E-state index in [1.165, 1.54) is 5.56 Å². The summed E-state index contributed by atoms with van der Waals surface area (Å²) in [5.74, 6) is 0.318. The molecule has 0 bridgehead atoms. The molecule has 2 aliphatic rings. The van der Waals surface area contributed by atoms with Gasteiger partial charge in [-0.15, -0.1) is 0 Å². The number of hydrogen-bond donors (Lipinski definition) is 3. The molecule has 2 fully saturated rings. The minimum Gasteiger partial charge on any atom is -0.379 e. The van der Waals surface area contributed by atoms with Crippen molar-refractivity contribution in [3.8, 4) is 0 Å². The lowest BCUT2D eigenvalue weighted by molar-refractivity contribution is 0.0383. The first-order valence-electron chi connectivity index (χ1n) is 12.6. The van der Waals surface area contributed by atoms with E-state index in [1.807, 2.05) is 36.4 Å². The highest BCUT2D eigenvalue weighted by Gasteiger charge is 2.21. The van der Waals surface area contributed by atoms with Gasteiger partial charge in [0, 0.05) is 56.3 Å². The molecule has 8 nitrogen and oxygen atoms in total. The summed E-state index contributed by atoms with van der Waals surface area (Å²) in [5, 5.41) is 8.82. The molecule has 3 N–H and O–H groups in total. The number of morpholine rings is 1. The summed E-state index contributed by atoms with van der Waals surface area (Å²) >= 11 is 0. The summed E-state index contributed by atoms with van der Waals surface area (Å²) in [6.45, 7) is 10.8. The van der Waals surface area contributed by atoms with E-state index in [2.05, 4.69) is 39.6 Å². The lowest BCUT2D eigenvalue weighted by Crippen LogP contribution is -2.41. The van der Waals surface area contributed by atoms with E-state index in [-0.39, 0.29) is 11.9 Å². The Balaban J connectivity index is 1.41. The number of nitrogens with zero attached hydrogens (tertiary/aromatic N) is 2. The molecular formula is C27H37N5O3. The van der Waals surface area contributed by atoms with Gasteiger partial charge in [0.15, 0.2) is 0 Å². The van der Waals surface area contributed by atoms with E-state index >= 15 is 0 Å². The maximum atomic E-state index is 13.2. The normalized spacial score (nSPS) is 16.4. The van der Waals surface area contributed by atoms with Gasteiger partial charge in [0.1, 0.15) is 0 Å². The summed E-state index contributed by atoms with van der Waals surface area (Å²) in [4.78, 5) is 30.3. The molecule has 2 heterocycles. The average molecular weight is 480 g/mol. The molecule has 0 radical (unpaired) electrons. The van der Waals surface area contributed by atoms with Crippen molar-refractivity contribution >= 4 is 29.0 Å². The second-order valence-corrected chi connectivity index (χ2v) is 9.49. The number of amides is 3. The highest BCUT2D eigenvalue weighted by molar-refractivity contribution is 6.04. The number of ether oxygens (including phenoxy) is 1. The van der Waals surface area contributed by atoms with Gasteiger partial charge in [-0.05, 0) is 54.7 Å². The standard InChI is InChI=1S/C27H37N5O3/c1-20(2)21-5-7-22(8-6-21)29-27(34)30-23-9-10-25(32-12-3-4-13-32)24(19-23)26(33)28-11-14-31-15-17-35-18-16-31/h5-10,19-20H,3-4,11-18H2,1-2H3,(H,28,33)(H2,29,30,34). The Hall–Kier alpha value is -3.10. The molecule has 0 aliphatic carbocycles. The van der Waals surface area contributed by atoms with Crippen molar-refractivity contribution in [3.63, 3.8) is 0 Å². The monoisotopic (exact) mass is 479 g/mol. The third-order valence-electron chi connectivity index (χ3n) is 6.60. The smallest absolute Gasteiger partial charge is 0.323 e. The number of anilines is 3.